The molecule has 1 heterocycles. The fraction of sp³-hybridized carbons (Fsp3) is 0.100. The van der Waals surface area contributed by atoms with Crippen molar-refractivity contribution in [2.45, 2.75) is 6.54 Å². The third-order valence-electron chi connectivity index (χ3n) is 1.76. The highest BCUT2D eigenvalue weighted by Crippen LogP contribution is 2.02. The molecule has 2 aromatic rings. The van der Waals surface area contributed by atoms with E-state index in [-0.39, 0.29) is 0 Å². The Morgan fingerprint density at radius 1 is 1.18 bits per heavy atom. The Kier molecular flexibility index (Phi) is 1.56. The van der Waals surface area contributed by atoms with Crippen molar-refractivity contribution in [1.29, 1.82) is 0 Å². The predicted molar refractivity (Wildman–Crippen MR) is 45.6 cm³/mol. The van der Waals surface area contributed by atoms with E-state index in [1.54, 1.807) is 0 Å². The quantitative estimate of drug-likeness (QED) is 0.570. The van der Waals surface area contributed by atoms with Gasteiger partial charge in [-0.1, -0.05) is 30.3 Å². The standard InChI is InChI=1S/C10H10N/c1-2-5-10(6-3-1)9-11-7-4-8-11/h1-8H,9H2/q-1. The third-order valence-corrected chi connectivity index (χ3v) is 1.76. The second-order valence-electron chi connectivity index (χ2n) is 2.65. The lowest BCUT2D eigenvalue weighted by atomic mass is 10.2. The lowest BCUT2D eigenvalue weighted by molar-refractivity contribution is 0.765. The minimum Gasteiger partial charge on any atom is -0.455 e. The van der Waals surface area contributed by atoms with Gasteiger partial charge in [0.1, 0.15) is 0 Å². The average Bonchev–Trinajstić information content (AvgIpc) is 1.99. The molecule has 0 saturated carbocycles. The third kappa shape index (κ3) is 1.37. The Bertz CT molecular complexity index is 293. The summed E-state index contributed by atoms with van der Waals surface area (Å²) in [5, 5.41) is 0. The largest absolute Gasteiger partial charge is 0.455 e. The summed E-state index contributed by atoms with van der Waals surface area (Å²) in [5.74, 6) is 0. The molecule has 2 rings (SSSR count). The zero-order valence-corrected chi connectivity index (χ0v) is 6.27. The van der Waals surface area contributed by atoms with E-state index >= 15 is 0 Å². The molecule has 0 radical (unpaired) electrons. The van der Waals surface area contributed by atoms with Gasteiger partial charge in [-0.15, -0.1) is 18.5 Å². The normalized spacial score (nSPS) is 10.2. The van der Waals surface area contributed by atoms with Gasteiger partial charge in [-0.2, -0.15) is 0 Å². The summed E-state index contributed by atoms with van der Waals surface area (Å²) in [6.45, 7) is 0.997. The van der Waals surface area contributed by atoms with Gasteiger partial charge in [0.15, 0.2) is 0 Å². The van der Waals surface area contributed by atoms with E-state index in [2.05, 4.69) is 41.2 Å². The van der Waals surface area contributed by atoms with Crippen LogP contribution < -0.4 is 0 Å². The highest BCUT2D eigenvalue weighted by Gasteiger charge is 1.87. The first-order chi connectivity index (χ1) is 5.45. The van der Waals surface area contributed by atoms with E-state index < -0.39 is 0 Å². The van der Waals surface area contributed by atoms with Gasteiger partial charge in [0.05, 0.1) is 0 Å². The molecular weight excluding hydrogens is 134 g/mol. The molecule has 56 valence electrons. The fourth-order valence-corrected chi connectivity index (χ4v) is 1.11. The van der Waals surface area contributed by atoms with Crippen molar-refractivity contribution in [2.75, 3.05) is 0 Å². The Morgan fingerprint density at radius 3 is 2.45 bits per heavy atom. The number of rotatable bonds is 2. The molecular formula is C10H10N-. The highest BCUT2D eigenvalue weighted by molar-refractivity contribution is 5.15. The SMILES string of the molecule is c1ccc(Cn2cc[cH-]2)cc1. The summed E-state index contributed by atoms with van der Waals surface area (Å²) in [5.41, 5.74) is 1.35. The van der Waals surface area contributed by atoms with Gasteiger partial charge in [0.25, 0.3) is 0 Å². The molecule has 0 fully saturated rings. The smallest absolute Gasteiger partial charge is 0.0245 e. The lowest BCUT2D eigenvalue weighted by Crippen LogP contribution is -2.00. The summed E-state index contributed by atoms with van der Waals surface area (Å²) < 4.78 is 2.16. The minimum atomic E-state index is 0.997. The molecule has 0 spiro atoms. The van der Waals surface area contributed by atoms with Crippen LogP contribution >= 0.6 is 0 Å². The topological polar surface area (TPSA) is 4.93 Å². The molecule has 1 aromatic carbocycles. The van der Waals surface area contributed by atoms with Crippen LogP contribution in [0.5, 0.6) is 0 Å². The molecule has 0 saturated heterocycles. The molecule has 0 unspecified atom stereocenters. The molecule has 0 amide bonds. The van der Waals surface area contributed by atoms with Crippen LogP contribution in [0.3, 0.4) is 0 Å². The summed E-state index contributed by atoms with van der Waals surface area (Å²) in [6.07, 6.45) is 4.15. The highest BCUT2D eigenvalue weighted by atomic mass is 14.9. The van der Waals surface area contributed by atoms with Crippen LogP contribution in [0.4, 0.5) is 0 Å². The van der Waals surface area contributed by atoms with Crippen LogP contribution in [0.15, 0.2) is 48.8 Å². The van der Waals surface area contributed by atoms with Crippen LogP contribution in [0.25, 0.3) is 0 Å². The van der Waals surface area contributed by atoms with Gasteiger partial charge in [0.2, 0.25) is 0 Å². The molecule has 0 N–H and O–H groups in total. The summed E-state index contributed by atoms with van der Waals surface area (Å²) in [4.78, 5) is 0. The van der Waals surface area contributed by atoms with E-state index in [0.29, 0.717) is 0 Å². The van der Waals surface area contributed by atoms with Crippen molar-refractivity contribution in [2.24, 2.45) is 0 Å². The van der Waals surface area contributed by atoms with Gasteiger partial charge in [-0.05, 0) is 5.56 Å². The summed E-state index contributed by atoms with van der Waals surface area (Å²) in [6, 6.07) is 12.5. The van der Waals surface area contributed by atoms with Gasteiger partial charge in [-0.3, -0.25) is 0 Å². The zero-order valence-electron chi connectivity index (χ0n) is 6.27. The molecule has 0 aliphatic carbocycles. The maximum absolute atomic E-state index is 2.16. The molecule has 11 heavy (non-hydrogen) atoms. The Balaban J connectivity index is 2.11. The second kappa shape index (κ2) is 2.70. The first kappa shape index (κ1) is 6.35. The number of benzene rings is 1. The van der Waals surface area contributed by atoms with E-state index in [9.17, 15) is 0 Å². The average molecular weight is 144 g/mol. The van der Waals surface area contributed by atoms with Gasteiger partial charge >= 0.3 is 0 Å². The van der Waals surface area contributed by atoms with E-state index in [1.807, 2.05) is 12.1 Å². The van der Waals surface area contributed by atoms with E-state index in [4.69, 9.17) is 0 Å². The van der Waals surface area contributed by atoms with Gasteiger partial charge in [0, 0.05) is 6.54 Å². The first-order valence-corrected chi connectivity index (χ1v) is 3.76. The van der Waals surface area contributed by atoms with Crippen molar-refractivity contribution in [3.05, 3.63) is 54.4 Å². The maximum atomic E-state index is 2.16. The number of aromatic nitrogens is 1. The van der Waals surface area contributed by atoms with Gasteiger partial charge in [-0.25, -0.2) is 0 Å². The van der Waals surface area contributed by atoms with E-state index in [0.717, 1.165) is 6.54 Å². The monoisotopic (exact) mass is 144 g/mol. The molecule has 0 bridgehead atoms. The molecule has 0 aliphatic heterocycles. The summed E-state index contributed by atoms with van der Waals surface area (Å²) in [7, 11) is 0. The number of nitrogens with zero attached hydrogens (tertiary/aromatic N) is 1. The molecule has 0 aliphatic rings. The van der Waals surface area contributed by atoms with Crippen LogP contribution in [-0.4, -0.2) is 4.57 Å². The fourth-order valence-electron chi connectivity index (χ4n) is 1.11. The van der Waals surface area contributed by atoms with E-state index in [1.165, 1.54) is 5.56 Å². The second-order valence-corrected chi connectivity index (χ2v) is 2.65. The molecule has 1 heteroatoms. The van der Waals surface area contributed by atoms with Crippen LogP contribution in [0.2, 0.25) is 0 Å². The zero-order chi connectivity index (χ0) is 7.52. The number of hydrogen-bond donors (Lipinski definition) is 0. The predicted octanol–water partition coefficient (Wildman–Crippen LogP) is 2.26. The maximum Gasteiger partial charge on any atom is 0.0245 e. The Morgan fingerprint density at radius 2 is 1.91 bits per heavy atom. The Hall–Kier alpha value is -1.37. The van der Waals surface area contributed by atoms with Crippen molar-refractivity contribution < 1.29 is 0 Å². The van der Waals surface area contributed by atoms with Crippen LogP contribution in [-0.2, 0) is 6.54 Å². The molecule has 0 atom stereocenters. The first-order valence-electron chi connectivity index (χ1n) is 3.76. The van der Waals surface area contributed by atoms with Crippen molar-refractivity contribution in [3.8, 4) is 0 Å². The van der Waals surface area contributed by atoms with Crippen molar-refractivity contribution in [3.63, 3.8) is 0 Å². The molecule has 1 aromatic heterocycles. The van der Waals surface area contributed by atoms with Gasteiger partial charge < -0.3 is 4.57 Å². The molecule has 1 nitrogen and oxygen atoms in total. The lowest BCUT2D eigenvalue weighted by Gasteiger charge is -2.14. The van der Waals surface area contributed by atoms with Crippen molar-refractivity contribution in [1.82, 2.24) is 4.57 Å². The minimum absolute atomic E-state index is 0.997. The van der Waals surface area contributed by atoms with Crippen molar-refractivity contribution >= 4 is 0 Å². The van der Waals surface area contributed by atoms with Crippen LogP contribution in [0.1, 0.15) is 5.56 Å². The van der Waals surface area contributed by atoms with Crippen LogP contribution in [0, 0.1) is 0 Å². The Labute approximate surface area is 66.3 Å². The number of hydrogen-bond acceptors (Lipinski definition) is 0. The summed E-state index contributed by atoms with van der Waals surface area (Å²) >= 11 is 0.